The van der Waals surface area contributed by atoms with Crippen LogP contribution in [0.25, 0.3) is 11.1 Å². The Hall–Kier alpha value is -3.15. The van der Waals surface area contributed by atoms with Gasteiger partial charge < -0.3 is 5.32 Å². The van der Waals surface area contributed by atoms with Crippen LogP contribution in [0, 0.1) is 6.92 Å². The molecule has 0 fully saturated rings. The number of anilines is 1. The first-order valence-electron chi connectivity index (χ1n) is 7.85. The Morgan fingerprint density at radius 1 is 0.962 bits per heavy atom. The number of nitrogens with zero attached hydrogens (tertiary/aromatic N) is 1. The molecule has 6 heteroatoms. The van der Waals surface area contributed by atoms with Gasteiger partial charge in [0.1, 0.15) is 0 Å². The van der Waals surface area contributed by atoms with E-state index in [1.54, 1.807) is 42.6 Å². The van der Waals surface area contributed by atoms with E-state index in [1.165, 1.54) is 12.1 Å². The number of nitrogens with one attached hydrogen (secondary N) is 1. The number of pyridine rings is 1. The average Bonchev–Trinajstić information content (AvgIpc) is 2.63. The van der Waals surface area contributed by atoms with Crippen molar-refractivity contribution in [1.29, 1.82) is 0 Å². The first kappa shape index (κ1) is 17.7. The molecule has 1 amide bonds. The van der Waals surface area contributed by atoms with Gasteiger partial charge in [0.15, 0.2) is 0 Å². The highest BCUT2D eigenvalue weighted by Gasteiger charge is 2.30. The molecule has 1 N–H and O–H groups in total. The molecule has 3 rings (SSSR count). The zero-order valence-electron chi connectivity index (χ0n) is 13.8. The van der Waals surface area contributed by atoms with E-state index in [-0.39, 0.29) is 5.91 Å². The molecule has 3 nitrogen and oxygen atoms in total. The Bertz CT molecular complexity index is 917. The second-order valence-corrected chi connectivity index (χ2v) is 5.76. The number of hydrogen-bond acceptors (Lipinski definition) is 2. The van der Waals surface area contributed by atoms with Crippen LogP contribution < -0.4 is 5.32 Å². The van der Waals surface area contributed by atoms with Gasteiger partial charge in [-0.3, -0.25) is 9.78 Å². The third-order valence-electron chi connectivity index (χ3n) is 3.86. The summed E-state index contributed by atoms with van der Waals surface area (Å²) in [7, 11) is 0. The van der Waals surface area contributed by atoms with E-state index < -0.39 is 11.7 Å². The summed E-state index contributed by atoms with van der Waals surface area (Å²) in [5.74, 6) is -0.355. The molecule has 0 unspecified atom stereocenters. The second-order valence-electron chi connectivity index (χ2n) is 5.76. The number of carbonyl (C=O) groups excluding carboxylic acids is 1. The van der Waals surface area contributed by atoms with Crippen molar-refractivity contribution >= 4 is 11.6 Å². The lowest BCUT2D eigenvalue weighted by Crippen LogP contribution is -2.13. The molecule has 132 valence electrons. The van der Waals surface area contributed by atoms with Gasteiger partial charge in [-0.2, -0.15) is 13.2 Å². The lowest BCUT2D eigenvalue weighted by Gasteiger charge is -2.12. The summed E-state index contributed by atoms with van der Waals surface area (Å²) in [6, 6.07) is 15.0. The van der Waals surface area contributed by atoms with Crippen LogP contribution in [0.1, 0.15) is 21.6 Å². The van der Waals surface area contributed by atoms with E-state index in [9.17, 15) is 18.0 Å². The molecule has 0 saturated carbocycles. The van der Waals surface area contributed by atoms with Crippen molar-refractivity contribution in [2.45, 2.75) is 13.1 Å². The standard InChI is InChI=1S/C20H15F3N2O/c1-13-6-11-16(12-24-13)25-19(26)18-5-3-2-4-17(18)14-7-9-15(10-8-14)20(21,22)23/h2-12H,1H3,(H,25,26). The fraction of sp³-hybridized carbons (Fsp3) is 0.100. The van der Waals surface area contributed by atoms with Crippen molar-refractivity contribution in [2.75, 3.05) is 5.32 Å². The van der Waals surface area contributed by atoms with Crippen molar-refractivity contribution in [1.82, 2.24) is 4.98 Å². The summed E-state index contributed by atoms with van der Waals surface area (Å²) in [4.78, 5) is 16.7. The summed E-state index contributed by atoms with van der Waals surface area (Å²) >= 11 is 0. The van der Waals surface area contributed by atoms with Crippen LogP contribution in [-0.4, -0.2) is 10.9 Å². The maximum absolute atomic E-state index is 12.7. The molecule has 0 aliphatic carbocycles. The molecule has 0 saturated heterocycles. The third kappa shape index (κ3) is 3.91. The van der Waals surface area contributed by atoms with E-state index in [4.69, 9.17) is 0 Å². The van der Waals surface area contributed by atoms with Gasteiger partial charge >= 0.3 is 6.18 Å². The Labute approximate surface area is 148 Å². The summed E-state index contributed by atoms with van der Waals surface area (Å²) in [6.07, 6.45) is -2.85. The maximum atomic E-state index is 12.7. The van der Waals surface area contributed by atoms with Crippen LogP contribution in [0.4, 0.5) is 18.9 Å². The monoisotopic (exact) mass is 356 g/mol. The molecule has 0 spiro atoms. The third-order valence-corrected chi connectivity index (χ3v) is 3.86. The number of carbonyl (C=O) groups is 1. The highest BCUT2D eigenvalue weighted by Crippen LogP contribution is 2.32. The van der Waals surface area contributed by atoms with Crippen molar-refractivity contribution in [3.63, 3.8) is 0 Å². The van der Waals surface area contributed by atoms with Gasteiger partial charge in [-0.1, -0.05) is 30.3 Å². The highest BCUT2D eigenvalue weighted by molar-refractivity contribution is 6.08. The van der Waals surface area contributed by atoms with E-state index in [2.05, 4.69) is 10.3 Å². The summed E-state index contributed by atoms with van der Waals surface area (Å²) in [6.45, 7) is 1.84. The number of benzene rings is 2. The van der Waals surface area contributed by atoms with Crippen LogP contribution in [0.15, 0.2) is 66.9 Å². The van der Waals surface area contributed by atoms with E-state index in [0.717, 1.165) is 17.8 Å². The molecule has 0 radical (unpaired) electrons. The van der Waals surface area contributed by atoms with Crippen LogP contribution in [-0.2, 0) is 6.18 Å². The summed E-state index contributed by atoms with van der Waals surface area (Å²) < 4.78 is 38.2. The molecule has 1 aromatic heterocycles. The number of alkyl halides is 3. The molecule has 2 aromatic carbocycles. The number of hydrogen-bond donors (Lipinski definition) is 1. The zero-order valence-corrected chi connectivity index (χ0v) is 13.8. The van der Waals surface area contributed by atoms with Crippen LogP contribution in [0.2, 0.25) is 0 Å². The van der Waals surface area contributed by atoms with Crippen molar-refractivity contribution < 1.29 is 18.0 Å². The number of halogens is 3. The topological polar surface area (TPSA) is 42.0 Å². The van der Waals surface area contributed by atoms with Crippen molar-refractivity contribution in [3.8, 4) is 11.1 Å². The van der Waals surface area contributed by atoms with Crippen molar-refractivity contribution in [2.24, 2.45) is 0 Å². The van der Waals surface area contributed by atoms with E-state index in [0.29, 0.717) is 22.4 Å². The fourth-order valence-electron chi connectivity index (χ4n) is 2.51. The minimum Gasteiger partial charge on any atom is -0.321 e. The molecule has 0 aliphatic rings. The lowest BCUT2D eigenvalue weighted by atomic mass is 9.98. The minimum absolute atomic E-state index is 0.355. The number of aromatic nitrogens is 1. The first-order valence-corrected chi connectivity index (χ1v) is 7.85. The predicted molar refractivity (Wildman–Crippen MR) is 93.8 cm³/mol. The molecule has 0 bridgehead atoms. The molecule has 1 heterocycles. The van der Waals surface area contributed by atoms with E-state index >= 15 is 0 Å². The fourth-order valence-corrected chi connectivity index (χ4v) is 2.51. The molecular weight excluding hydrogens is 341 g/mol. The molecular formula is C20H15F3N2O. The quantitative estimate of drug-likeness (QED) is 0.689. The predicted octanol–water partition coefficient (Wildman–Crippen LogP) is 5.33. The lowest BCUT2D eigenvalue weighted by molar-refractivity contribution is -0.137. The van der Waals surface area contributed by atoms with Gasteiger partial charge in [0.2, 0.25) is 0 Å². The summed E-state index contributed by atoms with van der Waals surface area (Å²) in [5, 5.41) is 2.75. The van der Waals surface area contributed by atoms with E-state index in [1.807, 2.05) is 6.92 Å². The SMILES string of the molecule is Cc1ccc(NC(=O)c2ccccc2-c2ccc(C(F)(F)F)cc2)cn1. The Balaban J connectivity index is 1.90. The van der Waals surface area contributed by atoms with Gasteiger partial charge in [-0.05, 0) is 48.4 Å². The van der Waals surface area contributed by atoms with Crippen LogP contribution >= 0.6 is 0 Å². The largest absolute Gasteiger partial charge is 0.416 e. The first-order chi connectivity index (χ1) is 12.3. The van der Waals surface area contributed by atoms with Crippen LogP contribution in [0.3, 0.4) is 0 Å². The van der Waals surface area contributed by atoms with Crippen LogP contribution in [0.5, 0.6) is 0 Å². The molecule has 3 aromatic rings. The van der Waals surface area contributed by atoms with Gasteiger partial charge in [-0.15, -0.1) is 0 Å². The van der Waals surface area contributed by atoms with Gasteiger partial charge in [0.05, 0.1) is 17.4 Å². The zero-order chi connectivity index (χ0) is 18.7. The smallest absolute Gasteiger partial charge is 0.321 e. The Kier molecular flexibility index (Phi) is 4.75. The molecule has 0 aliphatic heterocycles. The number of aryl methyl sites for hydroxylation is 1. The Morgan fingerprint density at radius 3 is 2.27 bits per heavy atom. The van der Waals surface area contributed by atoms with Gasteiger partial charge in [-0.25, -0.2) is 0 Å². The molecule has 26 heavy (non-hydrogen) atoms. The highest BCUT2D eigenvalue weighted by atomic mass is 19.4. The Morgan fingerprint density at radius 2 is 1.65 bits per heavy atom. The van der Waals surface area contributed by atoms with Gasteiger partial charge in [0.25, 0.3) is 5.91 Å². The maximum Gasteiger partial charge on any atom is 0.416 e. The minimum atomic E-state index is -4.39. The number of amides is 1. The molecule has 0 atom stereocenters. The summed E-state index contributed by atoms with van der Waals surface area (Å²) in [5.41, 5.74) is 2.10. The van der Waals surface area contributed by atoms with Crippen molar-refractivity contribution in [3.05, 3.63) is 83.7 Å². The van der Waals surface area contributed by atoms with Gasteiger partial charge in [0, 0.05) is 11.3 Å². The average molecular weight is 356 g/mol. The number of rotatable bonds is 3. The second kappa shape index (κ2) is 7.00. The normalized spacial score (nSPS) is 11.2.